The van der Waals surface area contributed by atoms with Crippen LogP contribution in [0.15, 0.2) is 12.3 Å². The van der Waals surface area contributed by atoms with Gasteiger partial charge in [-0.15, -0.1) is 0 Å². The Morgan fingerprint density at radius 1 is 1.29 bits per heavy atom. The number of hydrogen-bond acceptors (Lipinski definition) is 3. The average Bonchev–Trinajstić information content (AvgIpc) is 2.87. The molecule has 7 heteroatoms. The van der Waals surface area contributed by atoms with Gasteiger partial charge in [-0.3, -0.25) is 0 Å². The van der Waals surface area contributed by atoms with Gasteiger partial charge < -0.3 is 10.2 Å². The summed E-state index contributed by atoms with van der Waals surface area (Å²) in [5.74, 6) is 0.348. The van der Waals surface area contributed by atoms with Crippen LogP contribution >= 0.6 is 11.6 Å². The van der Waals surface area contributed by atoms with E-state index in [4.69, 9.17) is 11.6 Å². The Labute approximate surface area is 126 Å². The summed E-state index contributed by atoms with van der Waals surface area (Å²) in [4.78, 5) is 6.33. The number of halogens is 4. The van der Waals surface area contributed by atoms with Crippen LogP contribution in [0.1, 0.15) is 31.2 Å². The van der Waals surface area contributed by atoms with E-state index in [9.17, 15) is 13.2 Å². The van der Waals surface area contributed by atoms with Crippen molar-refractivity contribution >= 4 is 17.4 Å². The van der Waals surface area contributed by atoms with E-state index in [1.54, 1.807) is 0 Å². The molecule has 2 fully saturated rings. The lowest BCUT2D eigenvalue weighted by Crippen LogP contribution is -2.42. The predicted octanol–water partition coefficient (Wildman–Crippen LogP) is 3.79. The van der Waals surface area contributed by atoms with Crippen LogP contribution < -0.4 is 5.32 Å². The molecule has 0 saturated carbocycles. The maximum Gasteiger partial charge on any atom is 0.417 e. The molecule has 2 aliphatic heterocycles. The first-order chi connectivity index (χ1) is 9.93. The van der Waals surface area contributed by atoms with Crippen LogP contribution in [0.2, 0.25) is 5.02 Å². The second kappa shape index (κ2) is 5.65. The fraction of sp³-hybridized carbons (Fsp3) is 0.643. The predicted molar refractivity (Wildman–Crippen MR) is 75.5 cm³/mol. The first-order valence-electron chi connectivity index (χ1n) is 7.17. The highest BCUT2D eigenvalue weighted by Gasteiger charge is 2.33. The molecule has 3 nitrogen and oxygen atoms in total. The van der Waals surface area contributed by atoms with Gasteiger partial charge in [-0.2, -0.15) is 13.2 Å². The SMILES string of the molecule is FC(F)(F)c1cnc(NC2CCN3CCCC3C2)c(Cl)c1. The molecular formula is C14H17ClF3N3. The summed E-state index contributed by atoms with van der Waals surface area (Å²) < 4.78 is 37.7. The number of rotatable bonds is 2. The van der Waals surface area contributed by atoms with E-state index in [1.165, 1.54) is 12.8 Å². The van der Waals surface area contributed by atoms with Gasteiger partial charge >= 0.3 is 6.18 Å². The number of piperidine rings is 1. The molecule has 2 aliphatic rings. The molecule has 21 heavy (non-hydrogen) atoms. The third-order valence-electron chi connectivity index (χ3n) is 4.33. The van der Waals surface area contributed by atoms with Gasteiger partial charge in [-0.1, -0.05) is 11.6 Å². The van der Waals surface area contributed by atoms with Crippen LogP contribution in [0.4, 0.5) is 19.0 Å². The minimum Gasteiger partial charge on any atom is -0.366 e. The minimum atomic E-state index is -4.41. The third-order valence-corrected chi connectivity index (χ3v) is 4.62. The Kier molecular flexibility index (Phi) is 4.01. The molecule has 0 aliphatic carbocycles. The summed E-state index contributed by atoms with van der Waals surface area (Å²) in [5, 5.41) is 3.23. The summed E-state index contributed by atoms with van der Waals surface area (Å²) in [7, 11) is 0. The molecule has 3 heterocycles. The van der Waals surface area contributed by atoms with Gasteiger partial charge in [0.25, 0.3) is 0 Å². The molecule has 2 unspecified atom stereocenters. The molecule has 0 amide bonds. The van der Waals surface area contributed by atoms with Gasteiger partial charge in [-0.25, -0.2) is 4.98 Å². The first kappa shape index (κ1) is 14.9. The van der Waals surface area contributed by atoms with E-state index in [2.05, 4.69) is 15.2 Å². The number of alkyl halides is 3. The number of nitrogens with one attached hydrogen (secondary N) is 1. The smallest absolute Gasteiger partial charge is 0.366 e. The summed E-state index contributed by atoms with van der Waals surface area (Å²) in [5.41, 5.74) is -0.816. The fourth-order valence-corrected chi connectivity index (χ4v) is 3.47. The maximum atomic E-state index is 12.6. The largest absolute Gasteiger partial charge is 0.417 e. The molecule has 2 saturated heterocycles. The van der Waals surface area contributed by atoms with E-state index in [-0.39, 0.29) is 11.1 Å². The lowest BCUT2D eigenvalue weighted by atomic mass is 9.97. The monoisotopic (exact) mass is 319 g/mol. The number of hydrogen-bond donors (Lipinski definition) is 1. The highest BCUT2D eigenvalue weighted by atomic mass is 35.5. The van der Waals surface area contributed by atoms with Crippen molar-refractivity contribution in [2.45, 2.75) is 43.9 Å². The Hall–Kier alpha value is -1.01. The molecule has 0 spiro atoms. The number of nitrogens with zero attached hydrogens (tertiary/aromatic N) is 2. The van der Waals surface area contributed by atoms with Gasteiger partial charge in [0.15, 0.2) is 0 Å². The maximum absolute atomic E-state index is 12.6. The van der Waals surface area contributed by atoms with Gasteiger partial charge in [-0.05, 0) is 38.3 Å². The van der Waals surface area contributed by atoms with Crippen molar-refractivity contribution in [3.63, 3.8) is 0 Å². The summed E-state index contributed by atoms with van der Waals surface area (Å²) in [6.07, 6.45) is 0.820. The topological polar surface area (TPSA) is 28.2 Å². The lowest BCUT2D eigenvalue weighted by molar-refractivity contribution is -0.137. The molecule has 0 aromatic carbocycles. The van der Waals surface area contributed by atoms with Crippen LogP contribution in [-0.2, 0) is 6.18 Å². The molecule has 0 radical (unpaired) electrons. The van der Waals surface area contributed by atoms with Crippen molar-refractivity contribution < 1.29 is 13.2 Å². The van der Waals surface area contributed by atoms with E-state index in [0.29, 0.717) is 11.9 Å². The van der Waals surface area contributed by atoms with E-state index < -0.39 is 11.7 Å². The number of aromatic nitrogens is 1. The average molecular weight is 320 g/mol. The first-order valence-corrected chi connectivity index (χ1v) is 7.54. The van der Waals surface area contributed by atoms with Crippen molar-refractivity contribution in [2.75, 3.05) is 18.4 Å². The van der Waals surface area contributed by atoms with Crippen LogP contribution in [0.3, 0.4) is 0 Å². The van der Waals surface area contributed by atoms with E-state index >= 15 is 0 Å². The zero-order chi connectivity index (χ0) is 15.0. The molecular weight excluding hydrogens is 303 g/mol. The number of fused-ring (bicyclic) bond motifs is 1. The van der Waals surface area contributed by atoms with E-state index in [0.717, 1.165) is 38.2 Å². The van der Waals surface area contributed by atoms with Crippen molar-refractivity contribution in [1.29, 1.82) is 0 Å². The van der Waals surface area contributed by atoms with Crippen molar-refractivity contribution in [3.8, 4) is 0 Å². The van der Waals surface area contributed by atoms with Crippen LogP contribution in [0.5, 0.6) is 0 Å². The second-order valence-corrected chi connectivity index (χ2v) is 6.16. The standard InChI is InChI=1S/C14H17ClF3N3/c15-12-6-9(14(16,17)18)8-19-13(12)20-10-3-5-21-4-1-2-11(21)7-10/h6,8,10-11H,1-5,7H2,(H,19,20). The molecule has 116 valence electrons. The number of anilines is 1. The van der Waals surface area contributed by atoms with Gasteiger partial charge in [0.2, 0.25) is 0 Å². The Bertz CT molecular complexity index is 521. The molecule has 0 bridgehead atoms. The molecule has 1 aromatic rings. The van der Waals surface area contributed by atoms with Crippen molar-refractivity contribution in [1.82, 2.24) is 9.88 Å². The second-order valence-electron chi connectivity index (χ2n) is 5.75. The molecule has 1 aromatic heterocycles. The van der Waals surface area contributed by atoms with Gasteiger partial charge in [0, 0.05) is 24.8 Å². The molecule has 3 rings (SSSR count). The molecule has 2 atom stereocenters. The summed E-state index contributed by atoms with van der Waals surface area (Å²) in [6.45, 7) is 2.19. The van der Waals surface area contributed by atoms with Crippen LogP contribution in [0.25, 0.3) is 0 Å². The minimum absolute atomic E-state index is 0.0266. The van der Waals surface area contributed by atoms with Gasteiger partial charge in [0.1, 0.15) is 5.82 Å². The summed E-state index contributed by atoms with van der Waals surface area (Å²) in [6, 6.07) is 1.75. The normalized spacial score (nSPS) is 26.7. The Balaban J connectivity index is 1.68. The number of pyridine rings is 1. The fourth-order valence-electron chi connectivity index (χ4n) is 3.25. The zero-order valence-electron chi connectivity index (χ0n) is 11.5. The van der Waals surface area contributed by atoms with Crippen LogP contribution in [-0.4, -0.2) is 35.1 Å². The highest BCUT2D eigenvalue weighted by molar-refractivity contribution is 6.33. The Morgan fingerprint density at radius 3 is 2.81 bits per heavy atom. The summed E-state index contributed by atoms with van der Waals surface area (Å²) >= 11 is 5.93. The van der Waals surface area contributed by atoms with Crippen molar-refractivity contribution in [2.24, 2.45) is 0 Å². The van der Waals surface area contributed by atoms with Gasteiger partial charge in [0.05, 0.1) is 10.6 Å². The third kappa shape index (κ3) is 3.26. The van der Waals surface area contributed by atoms with E-state index in [1.807, 2.05) is 0 Å². The zero-order valence-corrected chi connectivity index (χ0v) is 12.2. The quantitative estimate of drug-likeness (QED) is 0.899. The Morgan fingerprint density at radius 2 is 2.10 bits per heavy atom. The highest BCUT2D eigenvalue weighted by Crippen LogP contribution is 2.34. The van der Waals surface area contributed by atoms with Crippen LogP contribution in [0, 0.1) is 0 Å². The lowest BCUT2D eigenvalue weighted by Gasteiger charge is -2.35. The van der Waals surface area contributed by atoms with Crippen molar-refractivity contribution in [3.05, 3.63) is 22.8 Å². The molecule has 1 N–H and O–H groups in total.